The number of nitrogens with zero attached hydrogens (tertiary/aromatic N) is 3. The van der Waals surface area contributed by atoms with Gasteiger partial charge in [-0.1, -0.05) is 166 Å². The molecule has 66 heavy (non-hydrogen) atoms. The first kappa shape index (κ1) is 54.0. The zero-order valence-electron chi connectivity index (χ0n) is 39.6. The van der Waals surface area contributed by atoms with Gasteiger partial charge in [-0.3, -0.25) is 19.4 Å². The predicted molar refractivity (Wildman–Crippen MR) is 275 cm³/mol. The van der Waals surface area contributed by atoms with Gasteiger partial charge in [0.1, 0.15) is 12.7 Å². The van der Waals surface area contributed by atoms with Gasteiger partial charge in [0.2, 0.25) is 5.95 Å². The number of nitrogens with two attached hydrogens (primary N) is 1. The second-order valence-electron chi connectivity index (χ2n) is 15.8. The van der Waals surface area contributed by atoms with Gasteiger partial charge >= 0.3 is 11.9 Å². The quantitative estimate of drug-likeness (QED) is 0.0546. The highest BCUT2D eigenvalue weighted by atomic mass is 16.6. The van der Waals surface area contributed by atoms with E-state index >= 15 is 0 Å². The number of aromatic amines is 1. The SMILES string of the molecule is C=C1C(COC(=O)CCC=CCC=CCC=CCC=CCC=CCC=CCC)C(OC(=O)CCC=CCC=CCC=CCC=CCC=CCC=CCC)CC1n1cnc2c(=O)[nH]c(N)nc21. The standard InChI is InChI=1S/C56H75N5O5/c1-4-6-8-10-12-14-16-18-20-22-24-26-28-30-32-34-36-38-40-42-51(62)65-45-48-47(3)49(61-46-58-53-54(61)59-56(57)60-55(53)64)44-50(48)66-52(63)43-41-39-37-35-33-31-29-27-25-23-21-19-17-15-13-11-9-7-5-2/h6-9,12-15,18-21,24-27,30-33,36-39,46,48-50H,3-5,10-11,16-17,22-23,28-29,34-35,40-45H2,1-2H3,(H3,57,59,60,64). The number of esters is 2. The molecular formula is C56H75N5O5. The summed E-state index contributed by atoms with van der Waals surface area (Å²) >= 11 is 0. The molecule has 2 aromatic rings. The molecule has 1 aliphatic rings. The smallest absolute Gasteiger partial charge is 0.306 e. The number of anilines is 1. The van der Waals surface area contributed by atoms with Gasteiger partial charge in [-0.15, -0.1) is 0 Å². The number of fused-ring (bicyclic) bond motifs is 1. The Bertz CT molecular complexity index is 2170. The van der Waals surface area contributed by atoms with E-state index in [1.807, 2.05) is 24.3 Å². The van der Waals surface area contributed by atoms with Gasteiger partial charge in [0.15, 0.2) is 11.2 Å². The topological polar surface area (TPSA) is 142 Å². The maximum atomic E-state index is 13.1. The number of imidazole rings is 1. The fourth-order valence-electron chi connectivity index (χ4n) is 6.99. The second kappa shape index (κ2) is 35.0. The highest BCUT2D eigenvalue weighted by Gasteiger charge is 2.42. The van der Waals surface area contributed by atoms with E-state index in [0.29, 0.717) is 30.5 Å². The highest BCUT2D eigenvalue weighted by Crippen LogP contribution is 2.42. The highest BCUT2D eigenvalue weighted by molar-refractivity contribution is 5.72. The minimum Gasteiger partial charge on any atom is -0.465 e. The van der Waals surface area contributed by atoms with E-state index in [4.69, 9.17) is 15.2 Å². The first-order valence-corrected chi connectivity index (χ1v) is 23.9. The minimum absolute atomic E-state index is 0.00575. The summed E-state index contributed by atoms with van der Waals surface area (Å²) in [5.41, 5.74) is 6.56. The molecule has 0 amide bonds. The van der Waals surface area contributed by atoms with Crippen molar-refractivity contribution in [2.45, 2.75) is 135 Å². The van der Waals surface area contributed by atoms with Crippen LogP contribution < -0.4 is 11.3 Å². The molecule has 10 nitrogen and oxygen atoms in total. The Labute approximate surface area is 394 Å². The van der Waals surface area contributed by atoms with Crippen LogP contribution in [0.2, 0.25) is 0 Å². The molecule has 10 heteroatoms. The van der Waals surface area contributed by atoms with Crippen LogP contribution in [0.25, 0.3) is 11.2 Å². The Morgan fingerprint density at radius 3 is 1.47 bits per heavy atom. The van der Waals surface area contributed by atoms with E-state index in [-0.39, 0.29) is 42.9 Å². The number of aromatic nitrogens is 4. The molecule has 2 heterocycles. The van der Waals surface area contributed by atoms with E-state index < -0.39 is 23.6 Å². The monoisotopic (exact) mass is 898 g/mol. The zero-order chi connectivity index (χ0) is 47.3. The van der Waals surface area contributed by atoms with Crippen molar-refractivity contribution in [2.24, 2.45) is 5.92 Å². The van der Waals surface area contributed by atoms with Crippen molar-refractivity contribution in [1.82, 2.24) is 19.5 Å². The normalized spacial score (nSPS) is 17.6. The lowest BCUT2D eigenvalue weighted by molar-refractivity contribution is -0.153. The number of allylic oxidation sites excluding steroid dienone is 24. The number of nitrogens with one attached hydrogen (secondary N) is 1. The third-order valence-corrected chi connectivity index (χ3v) is 10.5. The first-order chi connectivity index (χ1) is 32.3. The number of hydrogen-bond donors (Lipinski definition) is 2. The summed E-state index contributed by atoms with van der Waals surface area (Å²) in [6.07, 6.45) is 65.6. The van der Waals surface area contributed by atoms with Gasteiger partial charge in [0.25, 0.3) is 5.56 Å². The number of nitrogen functional groups attached to an aromatic ring is 1. The number of carbonyl (C=O) groups is 2. The summed E-state index contributed by atoms with van der Waals surface area (Å²) in [5.74, 6) is -1.19. The molecule has 0 radical (unpaired) electrons. The van der Waals surface area contributed by atoms with E-state index in [1.54, 1.807) is 4.57 Å². The Hall–Kier alpha value is -6.29. The molecule has 0 aliphatic heterocycles. The molecule has 354 valence electrons. The summed E-state index contributed by atoms with van der Waals surface area (Å²) in [6, 6.07) is -0.410. The van der Waals surface area contributed by atoms with Crippen LogP contribution in [0.4, 0.5) is 5.95 Å². The maximum absolute atomic E-state index is 13.1. The summed E-state index contributed by atoms with van der Waals surface area (Å²) in [6.45, 7) is 8.63. The van der Waals surface area contributed by atoms with Crippen molar-refractivity contribution in [3.05, 3.63) is 175 Å². The summed E-state index contributed by atoms with van der Waals surface area (Å²) in [4.78, 5) is 49.5. The third kappa shape index (κ3) is 23.1. The molecule has 1 saturated carbocycles. The van der Waals surface area contributed by atoms with Crippen LogP contribution in [0.1, 0.15) is 129 Å². The Morgan fingerprint density at radius 1 is 0.652 bits per heavy atom. The van der Waals surface area contributed by atoms with Crippen molar-refractivity contribution in [3.63, 3.8) is 0 Å². The molecule has 0 spiro atoms. The van der Waals surface area contributed by atoms with E-state index in [0.717, 1.165) is 77.0 Å². The molecule has 3 N–H and O–H groups in total. The number of carbonyl (C=O) groups excluding carboxylic acids is 2. The Kier molecular flexibility index (Phi) is 28.7. The number of ether oxygens (including phenoxy) is 2. The molecule has 1 aliphatic carbocycles. The second-order valence-corrected chi connectivity index (χ2v) is 15.8. The van der Waals surface area contributed by atoms with Crippen LogP contribution in [0, 0.1) is 5.92 Å². The summed E-state index contributed by atoms with van der Waals surface area (Å²) in [7, 11) is 0. The third-order valence-electron chi connectivity index (χ3n) is 10.5. The van der Waals surface area contributed by atoms with E-state index in [1.165, 1.54) is 6.33 Å². The summed E-state index contributed by atoms with van der Waals surface area (Å²) in [5, 5.41) is 0. The van der Waals surface area contributed by atoms with Crippen LogP contribution >= 0.6 is 0 Å². The molecule has 3 unspecified atom stereocenters. The lowest BCUT2D eigenvalue weighted by Crippen LogP contribution is -2.27. The Balaban J connectivity index is 1.41. The van der Waals surface area contributed by atoms with Gasteiger partial charge in [-0.05, 0) is 95.5 Å². The van der Waals surface area contributed by atoms with Gasteiger partial charge in [0, 0.05) is 19.3 Å². The molecule has 0 bridgehead atoms. The van der Waals surface area contributed by atoms with Gasteiger partial charge in [0.05, 0.1) is 18.3 Å². The average Bonchev–Trinajstić information content (AvgIpc) is 3.86. The number of rotatable bonds is 32. The van der Waals surface area contributed by atoms with Crippen LogP contribution in [0.5, 0.6) is 0 Å². The molecule has 3 rings (SSSR count). The van der Waals surface area contributed by atoms with Gasteiger partial charge in [-0.2, -0.15) is 4.98 Å². The van der Waals surface area contributed by atoms with Crippen molar-refractivity contribution in [3.8, 4) is 0 Å². The number of hydrogen-bond acceptors (Lipinski definition) is 8. The lowest BCUT2D eigenvalue weighted by Gasteiger charge is -2.20. The number of H-pyrrole nitrogens is 1. The lowest BCUT2D eigenvalue weighted by atomic mass is 10.0. The largest absolute Gasteiger partial charge is 0.465 e. The van der Waals surface area contributed by atoms with Gasteiger partial charge < -0.3 is 19.8 Å². The van der Waals surface area contributed by atoms with Crippen molar-refractivity contribution < 1.29 is 19.1 Å². The van der Waals surface area contributed by atoms with Crippen molar-refractivity contribution >= 4 is 29.1 Å². The van der Waals surface area contributed by atoms with E-state index in [9.17, 15) is 14.4 Å². The Morgan fingerprint density at radius 2 is 1.05 bits per heavy atom. The fraction of sp³-hybridized carbons (Fsp3) is 0.411. The predicted octanol–water partition coefficient (Wildman–Crippen LogP) is 13.2. The average molecular weight is 898 g/mol. The zero-order valence-corrected chi connectivity index (χ0v) is 39.6. The summed E-state index contributed by atoms with van der Waals surface area (Å²) < 4.78 is 13.5. The molecule has 2 aromatic heterocycles. The van der Waals surface area contributed by atoms with E-state index in [2.05, 4.69) is 157 Å². The molecule has 0 aromatic carbocycles. The van der Waals surface area contributed by atoms with Crippen LogP contribution in [-0.4, -0.2) is 44.2 Å². The molecule has 3 atom stereocenters. The molecule has 1 fully saturated rings. The minimum atomic E-state index is -0.603. The molecular weight excluding hydrogens is 823 g/mol. The van der Waals surface area contributed by atoms with Crippen molar-refractivity contribution in [2.75, 3.05) is 12.3 Å². The van der Waals surface area contributed by atoms with Crippen LogP contribution in [0.15, 0.2) is 169 Å². The van der Waals surface area contributed by atoms with Crippen molar-refractivity contribution in [1.29, 1.82) is 0 Å². The maximum Gasteiger partial charge on any atom is 0.306 e. The van der Waals surface area contributed by atoms with Crippen LogP contribution in [0.3, 0.4) is 0 Å². The molecule has 0 saturated heterocycles. The van der Waals surface area contributed by atoms with Crippen LogP contribution in [-0.2, 0) is 19.1 Å². The van der Waals surface area contributed by atoms with Gasteiger partial charge in [-0.25, -0.2) is 4.98 Å². The first-order valence-electron chi connectivity index (χ1n) is 23.9. The fourth-order valence-corrected chi connectivity index (χ4v) is 6.99.